The van der Waals surface area contributed by atoms with Crippen LogP contribution in [-0.2, 0) is 9.59 Å². The number of hydrogen-bond donors (Lipinski definition) is 0. The molecule has 1 aromatic rings. The third kappa shape index (κ3) is 4.36. The van der Waals surface area contributed by atoms with Crippen molar-refractivity contribution in [3.63, 3.8) is 0 Å². The number of carbonyl (C=O) groups is 2. The van der Waals surface area contributed by atoms with Crippen LogP contribution in [0, 0.1) is 17.8 Å². The van der Waals surface area contributed by atoms with Gasteiger partial charge in [0.2, 0.25) is 11.8 Å². The number of likely N-dealkylation sites (N-methyl/N-ethyl adjacent to an activating group) is 1. The van der Waals surface area contributed by atoms with Gasteiger partial charge < -0.3 is 9.80 Å². The number of benzene rings is 1. The summed E-state index contributed by atoms with van der Waals surface area (Å²) in [6.07, 6.45) is 2.59. The first-order chi connectivity index (χ1) is 12.8. The first-order valence-electron chi connectivity index (χ1n) is 10.4. The van der Waals surface area contributed by atoms with E-state index >= 15 is 0 Å². The molecule has 0 spiro atoms. The molecule has 4 heteroatoms. The minimum absolute atomic E-state index is 0.0398. The Morgan fingerprint density at radius 3 is 2.30 bits per heavy atom. The van der Waals surface area contributed by atoms with E-state index in [1.54, 1.807) is 0 Å². The van der Waals surface area contributed by atoms with Gasteiger partial charge in [0.1, 0.15) is 6.04 Å². The number of piperazine rings is 1. The molecule has 27 heavy (non-hydrogen) atoms. The van der Waals surface area contributed by atoms with Gasteiger partial charge in [-0.3, -0.25) is 9.59 Å². The average Bonchev–Trinajstić information content (AvgIpc) is 3.41. The molecule has 3 rings (SSSR count). The van der Waals surface area contributed by atoms with Crippen molar-refractivity contribution >= 4 is 11.8 Å². The summed E-state index contributed by atoms with van der Waals surface area (Å²) in [5.41, 5.74) is 1.25. The normalized spacial score (nSPS) is 28.2. The Morgan fingerprint density at radius 2 is 1.70 bits per heavy atom. The highest BCUT2D eigenvalue weighted by Gasteiger charge is 2.50. The van der Waals surface area contributed by atoms with E-state index in [9.17, 15) is 9.59 Å². The van der Waals surface area contributed by atoms with Crippen LogP contribution < -0.4 is 0 Å². The fourth-order valence-corrected chi connectivity index (χ4v) is 4.47. The van der Waals surface area contributed by atoms with Gasteiger partial charge in [-0.05, 0) is 42.6 Å². The van der Waals surface area contributed by atoms with Gasteiger partial charge in [0.05, 0.1) is 0 Å². The SMILES string of the molecule is CC(C)C[C@H]1CN(C(=O)[C@@H]2C[C@H]2c2ccccc2)[C@@H](CC(C)C)C(=O)N1C. The number of hydrogen-bond acceptors (Lipinski definition) is 2. The molecule has 2 amide bonds. The molecule has 0 aromatic heterocycles. The van der Waals surface area contributed by atoms with Crippen molar-refractivity contribution in [3.05, 3.63) is 35.9 Å². The maximum Gasteiger partial charge on any atom is 0.245 e. The molecule has 1 aromatic carbocycles. The fraction of sp³-hybridized carbons (Fsp3) is 0.652. The van der Waals surface area contributed by atoms with Crippen LogP contribution in [0.15, 0.2) is 30.3 Å². The number of amides is 2. The molecule has 148 valence electrons. The molecule has 1 saturated carbocycles. The van der Waals surface area contributed by atoms with Crippen LogP contribution in [0.4, 0.5) is 0 Å². The zero-order valence-corrected chi connectivity index (χ0v) is 17.4. The summed E-state index contributed by atoms with van der Waals surface area (Å²) in [4.78, 5) is 30.3. The third-order valence-electron chi connectivity index (χ3n) is 6.02. The minimum Gasteiger partial charge on any atom is -0.339 e. The monoisotopic (exact) mass is 370 g/mol. The fourth-order valence-electron chi connectivity index (χ4n) is 4.47. The van der Waals surface area contributed by atoms with Gasteiger partial charge in [0.25, 0.3) is 0 Å². The first kappa shape index (κ1) is 19.9. The summed E-state index contributed by atoms with van der Waals surface area (Å²) in [7, 11) is 1.91. The molecule has 1 aliphatic heterocycles. The minimum atomic E-state index is -0.303. The zero-order chi connectivity index (χ0) is 19.7. The Kier molecular flexibility index (Phi) is 5.92. The number of rotatable bonds is 6. The molecule has 4 nitrogen and oxygen atoms in total. The second kappa shape index (κ2) is 8.04. The van der Waals surface area contributed by atoms with Crippen molar-refractivity contribution in [2.24, 2.45) is 17.8 Å². The summed E-state index contributed by atoms with van der Waals surface area (Å²) in [6.45, 7) is 9.28. The lowest BCUT2D eigenvalue weighted by Gasteiger charge is -2.45. The molecular weight excluding hydrogens is 336 g/mol. The molecule has 0 bridgehead atoms. The Balaban J connectivity index is 1.78. The molecule has 0 radical (unpaired) electrons. The molecule has 4 atom stereocenters. The highest BCUT2D eigenvalue weighted by atomic mass is 16.2. The third-order valence-corrected chi connectivity index (χ3v) is 6.02. The van der Waals surface area contributed by atoms with Gasteiger partial charge in [-0.25, -0.2) is 0 Å². The second-order valence-corrected chi connectivity index (χ2v) is 9.23. The van der Waals surface area contributed by atoms with E-state index in [2.05, 4.69) is 39.8 Å². The molecule has 0 unspecified atom stereocenters. The average molecular weight is 371 g/mol. The van der Waals surface area contributed by atoms with Gasteiger partial charge in [-0.2, -0.15) is 0 Å². The van der Waals surface area contributed by atoms with Crippen LogP contribution in [0.5, 0.6) is 0 Å². The van der Waals surface area contributed by atoms with Crippen LogP contribution in [-0.4, -0.2) is 47.3 Å². The van der Waals surface area contributed by atoms with Crippen molar-refractivity contribution in [2.45, 2.75) is 65.0 Å². The smallest absolute Gasteiger partial charge is 0.245 e. The lowest BCUT2D eigenvalue weighted by atomic mass is 9.93. The van der Waals surface area contributed by atoms with Crippen molar-refractivity contribution in [2.75, 3.05) is 13.6 Å². The number of nitrogens with zero attached hydrogens (tertiary/aromatic N) is 2. The summed E-state index contributed by atoms with van der Waals surface area (Å²) in [6, 6.07) is 10.1. The summed E-state index contributed by atoms with van der Waals surface area (Å²) >= 11 is 0. The summed E-state index contributed by atoms with van der Waals surface area (Å²) in [5, 5.41) is 0. The molecule has 2 aliphatic rings. The van der Waals surface area contributed by atoms with Gasteiger partial charge in [-0.15, -0.1) is 0 Å². The Morgan fingerprint density at radius 1 is 1.07 bits per heavy atom. The summed E-state index contributed by atoms with van der Waals surface area (Å²) < 4.78 is 0. The van der Waals surface area contributed by atoms with Crippen molar-refractivity contribution in [1.29, 1.82) is 0 Å². The predicted octanol–water partition coefficient (Wildman–Crippen LogP) is 3.92. The van der Waals surface area contributed by atoms with Gasteiger partial charge in [-0.1, -0.05) is 58.0 Å². The topological polar surface area (TPSA) is 40.6 Å². The zero-order valence-electron chi connectivity index (χ0n) is 17.4. The van der Waals surface area contributed by atoms with Crippen LogP contribution in [0.1, 0.15) is 58.4 Å². The second-order valence-electron chi connectivity index (χ2n) is 9.23. The van der Waals surface area contributed by atoms with Crippen LogP contribution in [0.25, 0.3) is 0 Å². The quantitative estimate of drug-likeness (QED) is 0.761. The molecule has 2 fully saturated rings. The molecule has 1 saturated heterocycles. The predicted molar refractivity (Wildman–Crippen MR) is 108 cm³/mol. The Bertz CT molecular complexity index is 670. The van der Waals surface area contributed by atoms with E-state index in [-0.39, 0.29) is 29.8 Å². The van der Waals surface area contributed by atoms with Gasteiger partial charge in [0.15, 0.2) is 0 Å². The highest BCUT2D eigenvalue weighted by molar-refractivity contribution is 5.91. The molecular formula is C23H34N2O2. The largest absolute Gasteiger partial charge is 0.339 e. The molecule has 0 N–H and O–H groups in total. The van der Waals surface area contributed by atoms with Gasteiger partial charge in [0, 0.05) is 25.6 Å². The van der Waals surface area contributed by atoms with Crippen molar-refractivity contribution in [1.82, 2.24) is 9.80 Å². The molecule has 1 aliphatic carbocycles. The van der Waals surface area contributed by atoms with E-state index in [4.69, 9.17) is 0 Å². The van der Waals surface area contributed by atoms with E-state index < -0.39 is 0 Å². The van der Waals surface area contributed by atoms with E-state index in [1.165, 1.54) is 5.56 Å². The van der Waals surface area contributed by atoms with E-state index in [0.717, 1.165) is 19.3 Å². The lowest BCUT2D eigenvalue weighted by Crippen LogP contribution is -2.62. The Hall–Kier alpha value is -1.84. The van der Waals surface area contributed by atoms with Crippen molar-refractivity contribution < 1.29 is 9.59 Å². The van der Waals surface area contributed by atoms with E-state index in [1.807, 2.05) is 35.0 Å². The van der Waals surface area contributed by atoms with Crippen LogP contribution >= 0.6 is 0 Å². The van der Waals surface area contributed by atoms with Gasteiger partial charge >= 0.3 is 0 Å². The summed E-state index contributed by atoms with van der Waals surface area (Å²) in [5.74, 6) is 1.54. The highest BCUT2D eigenvalue weighted by Crippen LogP contribution is 2.49. The standard InChI is InChI=1S/C23H34N2O2/c1-15(2)11-18-14-25(21(12-16(3)4)23(27)24(18)5)22(26)20-13-19(20)17-9-7-6-8-10-17/h6-10,15-16,18-21H,11-14H2,1-5H3/t18-,19-,20+,21-/m0/s1. The maximum absolute atomic E-state index is 13.4. The molecule has 1 heterocycles. The number of carbonyl (C=O) groups excluding carboxylic acids is 2. The van der Waals surface area contributed by atoms with Crippen LogP contribution in [0.2, 0.25) is 0 Å². The Labute approximate surface area is 163 Å². The van der Waals surface area contributed by atoms with E-state index in [0.29, 0.717) is 24.3 Å². The first-order valence-corrected chi connectivity index (χ1v) is 10.4. The van der Waals surface area contributed by atoms with Crippen LogP contribution in [0.3, 0.4) is 0 Å². The van der Waals surface area contributed by atoms with Crippen molar-refractivity contribution in [3.8, 4) is 0 Å². The lowest BCUT2D eigenvalue weighted by molar-refractivity contribution is -0.155. The maximum atomic E-state index is 13.4.